The molecule has 1 heterocycles. The van der Waals surface area contributed by atoms with Gasteiger partial charge in [0.25, 0.3) is 0 Å². The molecule has 5 rings (SSSR count). The van der Waals surface area contributed by atoms with Crippen LogP contribution >= 0.6 is 0 Å². The second kappa shape index (κ2) is 7.12. The summed E-state index contributed by atoms with van der Waals surface area (Å²) < 4.78 is 0. The molecule has 1 aliphatic carbocycles. The highest BCUT2D eigenvalue weighted by Gasteiger charge is 2.22. The van der Waals surface area contributed by atoms with Gasteiger partial charge in [-0.15, -0.1) is 0 Å². The molecular formula is C25H19N3. The number of fused-ring (bicyclic) bond motifs is 3. The highest BCUT2D eigenvalue weighted by Crippen LogP contribution is 2.38. The number of aliphatic imine (C=N–C) groups is 1. The van der Waals surface area contributed by atoms with Gasteiger partial charge in [0.1, 0.15) is 0 Å². The summed E-state index contributed by atoms with van der Waals surface area (Å²) in [6.45, 7) is 0. The molecule has 1 aliphatic heterocycles. The van der Waals surface area contributed by atoms with Crippen molar-refractivity contribution in [1.82, 2.24) is 0 Å². The molecule has 0 aromatic heterocycles. The molecule has 0 radical (unpaired) electrons. The van der Waals surface area contributed by atoms with E-state index in [4.69, 9.17) is 10.1 Å². The number of allylic oxidation sites excluding steroid dienone is 4. The smallest absolute Gasteiger partial charge is 0.0712 e. The summed E-state index contributed by atoms with van der Waals surface area (Å²) in [6, 6.07) is 28.7. The van der Waals surface area contributed by atoms with Crippen molar-refractivity contribution >= 4 is 34.6 Å². The topological polar surface area (TPSA) is 28.0 Å². The maximum atomic E-state index is 4.81. The van der Waals surface area contributed by atoms with Crippen molar-refractivity contribution in [3.05, 3.63) is 108 Å². The molecule has 0 fully saturated rings. The van der Waals surface area contributed by atoms with Crippen LogP contribution < -0.4 is 5.01 Å². The van der Waals surface area contributed by atoms with E-state index >= 15 is 0 Å². The number of benzene rings is 3. The fraction of sp³-hybridized carbons (Fsp3) is 0.0400. The van der Waals surface area contributed by atoms with Gasteiger partial charge in [0.2, 0.25) is 0 Å². The van der Waals surface area contributed by atoms with Gasteiger partial charge in [0.05, 0.1) is 29.0 Å². The first-order valence-corrected chi connectivity index (χ1v) is 9.42. The Kier molecular flexibility index (Phi) is 4.19. The van der Waals surface area contributed by atoms with Gasteiger partial charge in [-0.1, -0.05) is 60.7 Å². The Balaban J connectivity index is 1.48. The van der Waals surface area contributed by atoms with E-state index in [1.54, 1.807) is 0 Å². The minimum Gasteiger partial charge on any atom is -0.252 e. The average molecular weight is 361 g/mol. The van der Waals surface area contributed by atoms with Crippen LogP contribution in [0.4, 0.5) is 17.1 Å². The molecule has 3 nitrogen and oxygen atoms in total. The van der Waals surface area contributed by atoms with Crippen LogP contribution in [0, 0.1) is 0 Å². The number of hydrogen-bond donors (Lipinski definition) is 0. The number of rotatable bonds is 4. The molecule has 28 heavy (non-hydrogen) atoms. The lowest BCUT2D eigenvalue weighted by atomic mass is 9.94. The maximum absolute atomic E-state index is 4.81. The summed E-state index contributed by atoms with van der Waals surface area (Å²) in [6.07, 6.45) is 7.14. The van der Waals surface area contributed by atoms with Crippen molar-refractivity contribution in [2.24, 2.45) is 10.1 Å². The monoisotopic (exact) mass is 361 g/mol. The molecule has 0 saturated carbocycles. The zero-order chi connectivity index (χ0) is 18.8. The van der Waals surface area contributed by atoms with Crippen molar-refractivity contribution in [3.63, 3.8) is 0 Å². The number of para-hydroxylation sites is 3. The molecule has 3 aromatic rings. The Hall–Kier alpha value is -3.72. The largest absolute Gasteiger partial charge is 0.252 e. The molecule has 0 amide bonds. The Morgan fingerprint density at radius 3 is 2.14 bits per heavy atom. The van der Waals surface area contributed by atoms with Gasteiger partial charge in [-0.25, -0.2) is 5.01 Å². The predicted molar refractivity (Wildman–Crippen MR) is 118 cm³/mol. The Morgan fingerprint density at radius 1 is 0.786 bits per heavy atom. The van der Waals surface area contributed by atoms with Crippen molar-refractivity contribution in [2.45, 2.75) is 6.42 Å². The van der Waals surface area contributed by atoms with Crippen molar-refractivity contribution < 1.29 is 0 Å². The minimum atomic E-state index is 0.832. The van der Waals surface area contributed by atoms with E-state index in [9.17, 15) is 0 Å². The van der Waals surface area contributed by atoms with E-state index in [0.717, 1.165) is 34.8 Å². The summed E-state index contributed by atoms with van der Waals surface area (Å²) in [7, 11) is 0. The molecule has 3 aromatic carbocycles. The number of nitrogens with zero attached hydrogens (tertiary/aromatic N) is 3. The van der Waals surface area contributed by atoms with Crippen LogP contribution in [0.2, 0.25) is 0 Å². The summed E-state index contributed by atoms with van der Waals surface area (Å²) in [4.78, 5) is 4.75. The highest BCUT2D eigenvalue weighted by molar-refractivity contribution is 6.31. The van der Waals surface area contributed by atoms with Crippen LogP contribution in [0.25, 0.3) is 5.57 Å². The third-order valence-electron chi connectivity index (χ3n) is 4.93. The molecule has 0 spiro atoms. The molecule has 0 bridgehead atoms. The SMILES string of the molecule is C1=C(/C=N/N(c2ccccc2)c2ccccc2)C=C2C(=Nc3ccccc32)C1. The van der Waals surface area contributed by atoms with Gasteiger partial charge in [0, 0.05) is 17.6 Å². The molecule has 0 unspecified atom stereocenters. The Bertz CT molecular complexity index is 1080. The van der Waals surface area contributed by atoms with Gasteiger partial charge < -0.3 is 0 Å². The van der Waals surface area contributed by atoms with Crippen LogP contribution in [-0.2, 0) is 0 Å². The first-order chi connectivity index (χ1) is 13.9. The van der Waals surface area contributed by atoms with E-state index < -0.39 is 0 Å². The molecule has 134 valence electrons. The second-order valence-electron chi connectivity index (χ2n) is 6.77. The van der Waals surface area contributed by atoms with E-state index in [1.807, 2.05) is 53.7 Å². The lowest BCUT2D eigenvalue weighted by Crippen LogP contribution is -2.10. The number of hydrogen-bond acceptors (Lipinski definition) is 3. The lowest BCUT2D eigenvalue weighted by Gasteiger charge is -2.19. The summed E-state index contributed by atoms with van der Waals surface area (Å²) in [5, 5.41) is 6.78. The quantitative estimate of drug-likeness (QED) is 0.395. The van der Waals surface area contributed by atoms with E-state index in [-0.39, 0.29) is 0 Å². The lowest BCUT2D eigenvalue weighted by molar-refractivity contribution is 1.09. The standard InChI is InChI=1S/C25H19N3/c1-3-9-20(10-4-1)28(21-11-5-2-6-12-21)26-18-19-15-16-25-23(17-19)22-13-7-8-14-24(22)27-25/h1-15,17-18H,16H2/b26-18+. The van der Waals surface area contributed by atoms with Gasteiger partial charge in [0.15, 0.2) is 0 Å². The van der Waals surface area contributed by atoms with Crippen LogP contribution in [-0.4, -0.2) is 11.9 Å². The zero-order valence-electron chi connectivity index (χ0n) is 15.4. The number of hydrazone groups is 1. The van der Waals surface area contributed by atoms with Gasteiger partial charge in [-0.3, -0.25) is 4.99 Å². The third kappa shape index (κ3) is 3.08. The van der Waals surface area contributed by atoms with Crippen LogP contribution in [0.1, 0.15) is 12.0 Å². The summed E-state index contributed by atoms with van der Waals surface area (Å²) >= 11 is 0. The first-order valence-electron chi connectivity index (χ1n) is 9.42. The van der Waals surface area contributed by atoms with E-state index in [0.29, 0.717) is 0 Å². The molecule has 3 heteroatoms. The average Bonchev–Trinajstić information content (AvgIpc) is 3.13. The fourth-order valence-electron chi connectivity index (χ4n) is 3.55. The van der Waals surface area contributed by atoms with Crippen molar-refractivity contribution in [3.8, 4) is 0 Å². The van der Waals surface area contributed by atoms with E-state index in [1.165, 1.54) is 11.1 Å². The zero-order valence-corrected chi connectivity index (χ0v) is 15.4. The second-order valence-corrected chi connectivity index (χ2v) is 6.77. The summed E-state index contributed by atoms with van der Waals surface area (Å²) in [5.74, 6) is 0. The molecule has 0 atom stereocenters. The first kappa shape index (κ1) is 16.5. The Labute approximate surface area is 164 Å². The van der Waals surface area contributed by atoms with Crippen molar-refractivity contribution in [1.29, 1.82) is 0 Å². The Morgan fingerprint density at radius 2 is 1.43 bits per heavy atom. The minimum absolute atomic E-state index is 0.832. The van der Waals surface area contributed by atoms with Gasteiger partial charge in [-0.05, 0) is 42.0 Å². The normalized spacial score (nSPS) is 14.8. The predicted octanol–water partition coefficient (Wildman–Crippen LogP) is 6.31. The van der Waals surface area contributed by atoms with Crippen LogP contribution in [0.15, 0.2) is 113 Å². The van der Waals surface area contributed by atoms with Crippen LogP contribution in [0.3, 0.4) is 0 Å². The molecule has 0 N–H and O–H groups in total. The highest BCUT2D eigenvalue weighted by atomic mass is 15.5. The molecule has 2 aliphatic rings. The van der Waals surface area contributed by atoms with Gasteiger partial charge in [-0.2, -0.15) is 5.10 Å². The third-order valence-corrected chi connectivity index (χ3v) is 4.93. The van der Waals surface area contributed by atoms with Gasteiger partial charge >= 0.3 is 0 Å². The summed E-state index contributed by atoms with van der Waals surface area (Å²) in [5.41, 5.74) is 7.78. The maximum Gasteiger partial charge on any atom is 0.0712 e. The fourth-order valence-corrected chi connectivity index (χ4v) is 3.55. The number of anilines is 2. The van der Waals surface area contributed by atoms with Crippen molar-refractivity contribution in [2.75, 3.05) is 5.01 Å². The van der Waals surface area contributed by atoms with Crippen LogP contribution in [0.5, 0.6) is 0 Å². The van der Waals surface area contributed by atoms with E-state index in [2.05, 4.69) is 54.6 Å². The molecular weight excluding hydrogens is 342 g/mol. The molecule has 0 saturated heterocycles.